The third-order valence-electron chi connectivity index (χ3n) is 5.96. The Labute approximate surface area is 208 Å². The molecule has 3 atom stereocenters. The molecule has 9 nitrogen and oxygen atoms in total. The van der Waals surface area contributed by atoms with E-state index in [1.807, 2.05) is 48.5 Å². The number of benzene rings is 2. The largest absolute Gasteiger partial charge is 0.380 e. The van der Waals surface area contributed by atoms with Crippen LogP contribution in [0.25, 0.3) is 0 Å². The van der Waals surface area contributed by atoms with Crippen LogP contribution >= 0.6 is 11.6 Å². The summed E-state index contributed by atoms with van der Waals surface area (Å²) >= 11 is 6.19. The Hall–Kier alpha value is -3.24. The lowest BCUT2D eigenvalue weighted by Gasteiger charge is -2.38. The molecule has 1 fully saturated rings. The van der Waals surface area contributed by atoms with Gasteiger partial charge in [0.25, 0.3) is 11.8 Å². The zero-order valence-corrected chi connectivity index (χ0v) is 19.8. The van der Waals surface area contributed by atoms with Crippen LogP contribution in [0, 0.1) is 0 Å². The molecule has 1 aliphatic rings. The Kier molecular flexibility index (Phi) is 8.14. The van der Waals surface area contributed by atoms with E-state index in [0.717, 1.165) is 11.1 Å². The van der Waals surface area contributed by atoms with Crippen molar-refractivity contribution in [1.29, 1.82) is 0 Å². The first-order chi connectivity index (χ1) is 16.9. The van der Waals surface area contributed by atoms with Gasteiger partial charge in [0.2, 0.25) is 0 Å². The first kappa shape index (κ1) is 24.9. The molecule has 2 aromatic carbocycles. The van der Waals surface area contributed by atoms with Crippen LogP contribution in [0.2, 0.25) is 5.02 Å². The molecule has 1 aliphatic heterocycles. The second-order valence-electron chi connectivity index (χ2n) is 8.37. The highest BCUT2D eigenvalue weighted by atomic mass is 35.5. The molecule has 0 spiro atoms. The van der Waals surface area contributed by atoms with E-state index < -0.39 is 24.0 Å². The average Bonchev–Trinajstić information content (AvgIpc) is 3.35. The molecule has 0 saturated carbocycles. The van der Waals surface area contributed by atoms with Crippen LogP contribution in [-0.2, 0) is 22.7 Å². The highest BCUT2D eigenvalue weighted by Gasteiger charge is 2.37. The van der Waals surface area contributed by atoms with Crippen molar-refractivity contribution in [3.63, 3.8) is 0 Å². The van der Waals surface area contributed by atoms with Crippen LogP contribution < -0.4 is 10.6 Å². The maximum absolute atomic E-state index is 13.0. The maximum Gasteiger partial charge on any atom is 0.255 e. The van der Waals surface area contributed by atoms with Gasteiger partial charge in [0.1, 0.15) is 0 Å². The van der Waals surface area contributed by atoms with Gasteiger partial charge in [-0.15, -0.1) is 0 Å². The summed E-state index contributed by atoms with van der Waals surface area (Å²) in [5.41, 5.74) is 2.38. The quantitative estimate of drug-likeness (QED) is 0.370. The lowest BCUT2D eigenvalue weighted by molar-refractivity contribution is -0.155. The Bertz CT molecular complexity index is 1160. The second-order valence-corrected chi connectivity index (χ2v) is 8.77. The normalized spacial score (nSPS) is 17.6. The number of hydrogen-bond acceptors (Lipinski definition) is 6. The molecule has 1 aromatic heterocycles. The van der Waals surface area contributed by atoms with Crippen molar-refractivity contribution < 1.29 is 19.8 Å². The van der Waals surface area contributed by atoms with Crippen molar-refractivity contribution in [1.82, 2.24) is 25.3 Å². The number of aromatic nitrogens is 2. The highest BCUT2D eigenvalue weighted by molar-refractivity contribution is 6.31. The van der Waals surface area contributed by atoms with E-state index >= 15 is 0 Å². The van der Waals surface area contributed by atoms with Gasteiger partial charge in [-0.1, -0.05) is 60.1 Å². The number of aliphatic hydroxyl groups is 2. The van der Waals surface area contributed by atoms with E-state index in [4.69, 9.17) is 11.6 Å². The number of carbonyl (C=O) groups excluding carboxylic acids is 2. The van der Waals surface area contributed by atoms with Gasteiger partial charge in [-0.25, -0.2) is 0 Å². The van der Waals surface area contributed by atoms with Crippen molar-refractivity contribution >= 4 is 23.4 Å². The number of nitrogens with zero attached hydrogens (tertiary/aromatic N) is 3. The number of aliphatic hydroxyl groups excluding tert-OH is 2. The number of rotatable bonds is 8. The minimum Gasteiger partial charge on any atom is -0.380 e. The number of amides is 2. The SMILES string of the molecule is O=C(NCc1ccn(Cc2ccccc2Cl)n1)[C@H](O)[C@@H](O)C(=O)N1CCNC[C@H]1c1ccccc1. The Morgan fingerprint density at radius 2 is 1.83 bits per heavy atom. The fraction of sp³-hybridized carbons (Fsp3) is 0.320. The molecule has 2 amide bonds. The fourth-order valence-corrected chi connectivity index (χ4v) is 4.25. The third-order valence-corrected chi connectivity index (χ3v) is 6.33. The van der Waals surface area contributed by atoms with Crippen LogP contribution in [0.15, 0.2) is 66.9 Å². The molecule has 0 aliphatic carbocycles. The molecular weight excluding hydrogens is 470 g/mol. The van der Waals surface area contributed by atoms with Gasteiger partial charge in [0, 0.05) is 30.9 Å². The molecular formula is C25H28ClN5O4. The van der Waals surface area contributed by atoms with Gasteiger partial charge >= 0.3 is 0 Å². The summed E-state index contributed by atoms with van der Waals surface area (Å²) in [7, 11) is 0. The number of hydrogen-bond donors (Lipinski definition) is 4. The lowest BCUT2D eigenvalue weighted by Crippen LogP contribution is -2.56. The summed E-state index contributed by atoms with van der Waals surface area (Å²) in [5, 5.41) is 31.7. The molecule has 1 saturated heterocycles. The number of carbonyl (C=O) groups is 2. The Balaban J connectivity index is 1.33. The summed E-state index contributed by atoms with van der Waals surface area (Å²) < 4.78 is 1.69. The Morgan fingerprint density at radius 3 is 2.60 bits per heavy atom. The van der Waals surface area contributed by atoms with Crippen LogP contribution in [0.3, 0.4) is 0 Å². The number of nitrogens with one attached hydrogen (secondary N) is 2. The van der Waals surface area contributed by atoms with Crippen molar-refractivity contribution in [2.45, 2.75) is 31.3 Å². The minimum absolute atomic E-state index is 0.0343. The van der Waals surface area contributed by atoms with Crippen LogP contribution in [0.1, 0.15) is 22.9 Å². The minimum atomic E-state index is -1.90. The zero-order chi connectivity index (χ0) is 24.8. The summed E-state index contributed by atoms with van der Waals surface area (Å²) in [5.74, 6) is -1.54. The van der Waals surface area contributed by atoms with E-state index in [1.54, 1.807) is 23.0 Å². The van der Waals surface area contributed by atoms with Gasteiger partial charge < -0.3 is 25.7 Å². The lowest BCUT2D eigenvalue weighted by atomic mass is 10.0. The monoisotopic (exact) mass is 497 g/mol. The molecule has 0 unspecified atom stereocenters. The van der Waals surface area contributed by atoms with Crippen LogP contribution in [-0.4, -0.2) is 68.6 Å². The van der Waals surface area contributed by atoms with Gasteiger partial charge in [0.05, 0.1) is 24.8 Å². The average molecular weight is 498 g/mol. The third kappa shape index (κ3) is 6.07. The smallest absolute Gasteiger partial charge is 0.255 e. The van der Waals surface area contributed by atoms with E-state index in [1.165, 1.54) is 4.90 Å². The van der Waals surface area contributed by atoms with Gasteiger partial charge in [-0.2, -0.15) is 5.10 Å². The number of piperazine rings is 1. The Morgan fingerprint density at radius 1 is 1.09 bits per heavy atom. The first-order valence-electron chi connectivity index (χ1n) is 11.4. The predicted octanol–water partition coefficient (Wildman–Crippen LogP) is 1.10. The highest BCUT2D eigenvalue weighted by Crippen LogP contribution is 2.23. The van der Waals surface area contributed by atoms with Gasteiger partial charge in [-0.3, -0.25) is 14.3 Å². The van der Waals surface area contributed by atoms with E-state index in [0.29, 0.717) is 36.9 Å². The van der Waals surface area contributed by atoms with Gasteiger partial charge in [0.15, 0.2) is 12.2 Å². The van der Waals surface area contributed by atoms with Crippen LogP contribution in [0.5, 0.6) is 0 Å². The topological polar surface area (TPSA) is 120 Å². The fourth-order valence-electron chi connectivity index (χ4n) is 4.06. The molecule has 4 N–H and O–H groups in total. The molecule has 184 valence electrons. The molecule has 10 heteroatoms. The molecule has 4 rings (SSSR count). The van der Waals surface area contributed by atoms with E-state index in [-0.39, 0.29) is 12.6 Å². The van der Waals surface area contributed by atoms with E-state index in [2.05, 4.69) is 15.7 Å². The maximum atomic E-state index is 13.0. The van der Waals surface area contributed by atoms with Crippen molar-refractivity contribution in [3.05, 3.63) is 88.7 Å². The summed E-state index contributed by atoms with van der Waals surface area (Å²) in [6.45, 7) is 1.93. The predicted molar refractivity (Wildman–Crippen MR) is 130 cm³/mol. The van der Waals surface area contributed by atoms with Crippen molar-refractivity contribution in [3.8, 4) is 0 Å². The zero-order valence-electron chi connectivity index (χ0n) is 19.0. The second kappa shape index (κ2) is 11.5. The first-order valence-corrected chi connectivity index (χ1v) is 11.8. The molecule has 2 heterocycles. The summed E-state index contributed by atoms with van der Waals surface area (Å²) in [6.07, 6.45) is -2.02. The standard InChI is InChI=1S/C25H28ClN5O4/c26-20-9-5-4-8-18(20)16-30-12-10-19(29-30)14-28-24(34)22(32)23(33)25(35)31-13-11-27-15-21(31)17-6-2-1-3-7-17/h1-10,12,21-23,27,32-33H,11,13-16H2,(H,28,34)/t21-,22+,23+/m0/s1. The summed E-state index contributed by atoms with van der Waals surface area (Å²) in [4.78, 5) is 27.0. The van der Waals surface area contributed by atoms with Crippen molar-refractivity contribution in [2.24, 2.45) is 0 Å². The van der Waals surface area contributed by atoms with E-state index in [9.17, 15) is 19.8 Å². The molecule has 0 radical (unpaired) electrons. The van der Waals surface area contributed by atoms with Gasteiger partial charge in [-0.05, 0) is 23.3 Å². The molecule has 35 heavy (non-hydrogen) atoms. The molecule has 3 aromatic rings. The molecule has 0 bridgehead atoms. The number of halogens is 1. The van der Waals surface area contributed by atoms with Crippen molar-refractivity contribution in [2.75, 3.05) is 19.6 Å². The summed E-state index contributed by atoms with van der Waals surface area (Å²) in [6, 6.07) is 18.3. The van der Waals surface area contributed by atoms with Crippen LogP contribution in [0.4, 0.5) is 0 Å².